The predicted molar refractivity (Wildman–Crippen MR) is 182 cm³/mol. The number of fused-ring (bicyclic) bond motifs is 1. The Morgan fingerprint density at radius 3 is 2.25 bits per heavy atom. The molecule has 276 valence electrons. The molecule has 1 aromatic heterocycles. The third-order valence-corrected chi connectivity index (χ3v) is 10.8. The Morgan fingerprint density at radius 2 is 1.65 bits per heavy atom. The largest absolute Gasteiger partial charge is 0.496 e. The summed E-state index contributed by atoms with van der Waals surface area (Å²) in [6.45, 7) is 1.52. The Balaban J connectivity index is 0.000000679. The third-order valence-electron chi connectivity index (χ3n) is 8.72. The number of halogens is 4. The van der Waals surface area contributed by atoms with Crippen LogP contribution < -0.4 is 9.04 Å². The van der Waals surface area contributed by atoms with Crippen LogP contribution >= 0.6 is 11.6 Å². The molecular weight excluding hydrogens is 731 g/mol. The van der Waals surface area contributed by atoms with Gasteiger partial charge in [0.25, 0.3) is 15.9 Å². The van der Waals surface area contributed by atoms with E-state index in [0.717, 1.165) is 4.31 Å². The molecule has 1 unspecified atom stereocenters. The summed E-state index contributed by atoms with van der Waals surface area (Å²) in [5.41, 5.74) is -0.350. The minimum atomic E-state index is -5.08. The lowest BCUT2D eigenvalue weighted by atomic mass is 9.80. The first-order chi connectivity index (χ1) is 24.4. The van der Waals surface area contributed by atoms with Gasteiger partial charge in [0.1, 0.15) is 10.6 Å². The molecule has 6 rings (SSSR count). The van der Waals surface area contributed by atoms with Crippen molar-refractivity contribution in [1.29, 1.82) is 0 Å². The number of carboxylic acids is 1. The summed E-state index contributed by atoms with van der Waals surface area (Å²) >= 11 is 6.55. The maximum absolute atomic E-state index is 15.3. The van der Waals surface area contributed by atoms with E-state index in [0.29, 0.717) is 22.7 Å². The van der Waals surface area contributed by atoms with E-state index in [-0.39, 0.29) is 40.0 Å². The highest BCUT2D eigenvalue weighted by atomic mass is 35.5. The topological polar surface area (TPSA) is 163 Å². The molecule has 1 saturated heterocycles. The van der Waals surface area contributed by atoms with Crippen LogP contribution in [0, 0.1) is 6.92 Å². The normalized spacial score (nSPS) is 20.2. The standard InChI is InChI=1S/C32H32ClN5O6S.C2HF3O2/c1-20-29(18-34-37(20)22-10-6-5-7-11-22)45(42,43)38-26-15-14-21(33)16-25(26)32(31(38)41,24-12-8-9-13-28(24)44-4)36-19-23(39)17-27(36)30(40)35(2)3;3-2(4,5)1(6)7/h5-16,18,23,27,39H,17,19H2,1-4H3;(H,6,7)/t23-,27+,32?;/m1./s1. The predicted octanol–water partition coefficient (Wildman–Crippen LogP) is 3.98. The molecule has 1 fully saturated rings. The number of aliphatic carboxylic acids is 1. The molecule has 52 heavy (non-hydrogen) atoms. The van der Waals surface area contributed by atoms with Gasteiger partial charge in [-0.15, -0.1) is 0 Å². The highest BCUT2D eigenvalue weighted by Crippen LogP contribution is 2.55. The Morgan fingerprint density at radius 1 is 1.04 bits per heavy atom. The number of benzene rings is 3. The van der Waals surface area contributed by atoms with Gasteiger partial charge in [-0.2, -0.15) is 18.3 Å². The first kappa shape index (κ1) is 38.3. The lowest BCUT2D eigenvalue weighted by Gasteiger charge is -2.42. The number of hydrogen-bond donors (Lipinski definition) is 2. The number of carbonyl (C=O) groups is 3. The average molecular weight is 764 g/mol. The van der Waals surface area contributed by atoms with Crippen molar-refractivity contribution in [3.05, 3.63) is 101 Å². The first-order valence-electron chi connectivity index (χ1n) is 15.5. The molecule has 3 heterocycles. The maximum atomic E-state index is 15.3. The zero-order chi connectivity index (χ0) is 38.3. The van der Waals surface area contributed by atoms with Crippen LogP contribution in [-0.2, 0) is 29.9 Å². The van der Waals surface area contributed by atoms with E-state index in [1.165, 1.54) is 35.0 Å². The zero-order valence-corrected chi connectivity index (χ0v) is 29.6. The number of ether oxygens (including phenoxy) is 1. The van der Waals surface area contributed by atoms with Crippen molar-refractivity contribution in [1.82, 2.24) is 19.6 Å². The monoisotopic (exact) mass is 763 g/mol. The van der Waals surface area contributed by atoms with E-state index in [9.17, 15) is 31.5 Å². The number of aliphatic hydroxyl groups excluding tert-OH is 1. The summed E-state index contributed by atoms with van der Waals surface area (Å²) < 4.78 is 69.1. The fourth-order valence-electron chi connectivity index (χ4n) is 6.51. The summed E-state index contributed by atoms with van der Waals surface area (Å²) in [6, 6.07) is 19.4. The molecule has 18 heteroatoms. The van der Waals surface area contributed by atoms with E-state index in [1.807, 2.05) is 18.2 Å². The fraction of sp³-hybridized carbons (Fsp3) is 0.294. The molecule has 0 radical (unpaired) electrons. The Hall–Kier alpha value is -4.97. The van der Waals surface area contributed by atoms with Crippen LogP contribution in [0.15, 0.2) is 83.9 Å². The number of methoxy groups -OCH3 is 1. The van der Waals surface area contributed by atoms with Gasteiger partial charge in [0.05, 0.1) is 42.5 Å². The van der Waals surface area contributed by atoms with Gasteiger partial charge in [-0.3, -0.25) is 14.5 Å². The molecule has 4 aromatic rings. The highest BCUT2D eigenvalue weighted by Gasteiger charge is 2.64. The van der Waals surface area contributed by atoms with Crippen molar-refractivity contribution < 1.29 is 50.9 Å². The van der Waals surface area contributed by atoms with Crippen molar-refractivity contribution in [2.45, 2.75) is 42.1 Å². The van der Waals surface area contributed by atoms with Crippen LogP contribution in [0.2, 0.25) is 5.02 Å². The number of sulfonamides is 1. The summed E-state index contributed by atoms with van der Waals surface area (Å²) in [5, 5.41) is 22.7. The average Bonchev–Trinajstić information content (AvgIpc) is 3.76. The number of para-hydroxylation sites is 2. The fourth-order valence-corrected chi connectivity index (χ4v) is 8.29. The quantitative estimate of drug-likeness (QED) is 0.282. The number of rotatable bonds is 7. The van der Waals surface area contributed by atoms with E-state index >= 15 is 4.79 Å². The number of likely N-dealkylation sites (N-methyl/N-ethyl adjacent to an activating group) is 1. The number of hydrogen-bond acceptors (Lipinski definition) is 9. The van der Waals surface area contributed by atoms with Crippen molar-refractivity contribution >= 4 is 45.1 Å². The van der Waals surface area contributed by atoms with E-state index in [4.69, 9.17) is 26.2 Å². The van der Waals surface area contributed by atoms with Crippen molar-refractivity contribution in [3.63, 3.8) is 0 Å². The minimum absolute atomic E-state index is 0.0345. The number of β-amino-alcohol motifs (C(OH)–C–C–N with tert-alkyl or cyclic N) is 1. The second-order valence-electron chi connectivity index (χ2n) is 12.1. The molecule has 0 spiro atoms. The van der Waals surface area contributed by atoms with E-state index in [1.54, 1.807) is 68.4 Å². The molecule has 2 amide bonds. The molecule has 3 atom stereocenters. The number of alkyl halides is 3. The van der Waals surface area contributed by atoms with Crippen LogP contribution in [0.4, 0.5) is 18.9 Å². The van der Waals surface area contributed by atoms with Crippen LogP contribution in [-0.4, -0.2) is 102 Å². The zero-order valence-electron chi connectivity index (χ0n) is 28.1. The lowest BCUT2D eigenvalue weighted by molar-refractivity contribution is -0.192. The van der Waals surface area contributed by atoms with Gasteiger partial charge in [0.2, 0.25) is 5.91 Å². The molecule has 3 aromatic carbocycles. The molecule has 13 nitrogen and oxygen atoms in total. The number of anilines is 1. The Labute approximate surface area is 301 Å². The van der Waals surface area contributed by atoms with Crippen molar-refractivity contribution in [3.8, 4) is 11.4 Å². The number of aliphatic hydroxyl groups is 1. The third kappa shape index (κ3) is 6.48. The van der Waals surface area contributed by atoms with Crippen LogP contribution in [0.5, 0.6) is 5.75 Å². The van der Waals surface area contributed by atoms with Gasteiger partial charge in [-0.05, 0) is 49.7 Å². The summed E-state index contributed by atoms with van der Waals surface area (Å²) in [6.07, 6.45) is -4.80. The number of carboxylic acid groups (broad SMARTS) is 1. The van der Waals surface area contributed by atoms with Gasteiger partial charge in [-0.25, -0.2) is 22.2 Å². The Kier molecular flexibility index (Phi) is 10.5. The van der Waals surface area contributed by atoms with E-state index < -0.39 is 45.8 Å². The summed E-state index contributed by atoms with van der Waals surface area (Å²) in [7, 11) is 0.0297. The maximum Gasteiger partial charge on any atom is 0.490 e. The first-order valence-corrected chi connectivity index (χ1v) is 17.3. The smallest absolute Gasteiger partial charge is 0.490 e. The SMILES string of the molecule is COc1ccccc1C1(N2C[C@H](O)C[C@H]2C(=O)N(C)C)C(=O)N(S(=O)(=O)c2cnn(-c3ccccc3)c2C)c2ccc(Cl)cc21.O=C(O)C(F)(F)F. The molecule has 0 saturated carbocycles. The molecule has 0 aliphatic carbocycles. The summed E-state index contributed by atoms with van der Waals surface area (Å²) in [4.78, 5) is 40.6. The lowest BCUT2D eigenvalue weighted by Crippen LogP contribution is -2.59. The summed E-state index contributed by atoms with van der Waals surface area (Å²) in [5.74, 6) is -3.67. The number of nitrogens with zero attached hydrogens (tertiary/aromatic N) is 5. The van der Waals surface area contributed by atoms with Crippen LogP contribution in [0.1, 0.15) is 23.2 Å². The van der Waals surface area contributed by atoms with Gasteiger partial charge >= 0.3 is 12.1 Å². The van der Waals surface area contributed by atoms with Crippen LogP contribution in [0.3, 0.4) is 0 Å². The molecule has 2 aliphatic rings. The van der Waals surface area contributed by atoms with Gasteiger partial charge < -0.3 is 19.8 Å². The van der Waals surface area contributed by atoms with Crippen LogP contribution in [0.25, 0.3) is 5.69 Å². The molecule has 2 aliphatic heterocycles. The van der Waals surface area contributed by atoms with Gasteiger partial charge in [0.15, 0.2) is 5.54 Å². The second kappa shape index (κ2) is 14.2. The minimum Gasteiger partial charge on any atom is -0.496 e. The van der Waals surface area contributed by atoms with Gasteiger partial charge in [0, 0.05) is 36.8 Å². The molecular formula is C34H33ClF3N5O8S. The van der Waals surface area contributed by atoms with Crippen molar-refractivity contribution in [2.24, 2.45) is 0 Å². The number of aromatic nitrogens is 2. The number of amides is 2. The number of likely N-dealkylation sites (tertiary alicyclic amines) is 1. The van der Waals surface area contributed by atoms with E-state index in [2.05, 4.69) is 5.10 Å². The second-order valence-corrected chi connectivity index (χ2v) is 14.3. The molecule has 0 bridgehead atoms. The highest BCUT2D eigenvalue weighted by molar-refractivity contribution is 7.93. The van der Waals surface area contributed by atoms with Gasteiger partial charge in [-0.1, -0.05) is 48.0 Å². The Bertz CT molecular complexity index is 2130. The molecule has 2 N–H and O–H groups in total. The van der Waals surface area contributed by atoms with Crippen molar-refractivity contribution in [2.75, 3.05) is 32.1 Å². The number of carbonyl (C=O) groups excluding carboxylic acids is 2.